The van der Waals surface area contributed by atoms with Crippen LogP contribution in [0.3, 0.4) is 0 Å². The molecule has 1 aliphatic rings. The van der Waals surface area contributed by atoms with Crippen molar-refractivity contribution in [3.05, 3.63) is 29.8 Å². The molecule has 1 heterocycles. The number of nitrogens with one attached hydrogen (secondary N) is 1. The zero-order valence-corrected chi connectivity index (χ0v) is 14.0. The van der Waals surface area contributed by atoms with Crippen LogP contribution >= 0.6 is 0 Å². The van der Waals surface area contributed by atoms with Crippen molar-refractivity contribution < 1.29 is 14.0 Å². The van der Waals surface area contributed by atoms with Crippen LogP contribution in [0.4, 0.5) is 0 Å². The number of hydrogen-bond acceptors (Lipinski definition) is 4. The van der Waals surface area contributed by atoms with Crippen molar-refractivity contribution in [2.45, 2.75) is 51.0 Å². The summed E-state index contributed by atoms with van der Waals surface area (Å²) in [5, 5.41) is 0. The minimum Gasteiger partial charge on any atom is -0.598 e. The van der Waals surface area contributed by atoms with Gasteiger partial charge in [-0.3, -0.25) is 0 Å². The minimum absolute atomic E-state index is 0.00781. The third kappa shape index (κ3) is 4.88. The molecule has 1 aromatic carbocycles. The van der Waals surface area contributed by atoms with E-state index < -0.39 is 11.4 Å². The fourth-order valence-electron chi connectivity index (χ4n) is 2.06. The summed E-state index contributed by atoms with van der Waals surface area (Å²) in [6, 6.07) is 7.97. The second-order valence-electron chi connectivity index (χ2n) is 6.40. The molecule has 1 fully saturated rings. The monoisotopic (exact) mass is 311 g/mol. The summed E-state index contributed by atoms with van der Waals surface area (Å²) in [6.07, 6.45) is 1.08. The second-order valence-corrected chi connectivity index (χ2v) is 8.39. The molecule has 5 heteroatoms. The second kappa shape index (κ2) is 7.01. The van der Waals surface area contributed by atoms with Gasteiger partial charge in [0.1, 0.15) is 16.6 Å². The highest BCUT2D eigenvalue weighted by Gasteiger charge is 2.28. The minimum atomic E-state index is -1.09. The molecule has 1 aromatic rings. The van der Waals surface area contributed by atoms with E-state index >= 15 is 0 Å². The molecule has 0 aromatic heterocycles. The first-order valence-corrected chi connectivity index (χ1v) is 8.53. The normalized spacial score (nSPS) is 22.0. The van der Waals surface area contributed by atoms with E-state index in [0.717, 1.165) is 24.3 Å². The van der Waals surface area contributed by atoms with Gasteiger partial charge in [0, 0.05) is 17.8 Å². The molecule has 1 N–H and O–H groups in total. The van der Waals surface area contributed by atoms with Gasteiger partial charge < -0.3 is 14.0 Å². The van der Waals surface area contributed by atoms with Gasteiger partial charge in [0.05, 0.1) is 19.3 Å². The molecular weight excluding hydrogens is 286 g/mol. The lowest BCUT2D eigenvalue weighted by molar-refractivity contribution is 0.141. The molecular formula is C16H25NO3S. The fourth-order valence-corrected chi connectivity index (χ4v) is 2.87. The summed E-state index contributed by atoms with van der Waals surface area (Å²) in [5.41, 5.74) is 1.07. The van der Waals surface area contributed by atoms with Crippen LogP contribution < -0.4 is 9.46 Å². The average Bonchev–Trinajstić information content (AvgIpc) is 2.90. The van der Waals surface area contributed by atoms with Crippen LogP contribution in [0, 0.1) is 0 Å². The molecule has 2 rings (SSSR count). The molecule has 1 aliphatic heterocycles. The van der Waals surface area contributed by atoms with Crippen molar-refractivity contribution in [2.75, 3.05) is 13.2 Å². The van der Waals surface area contributed by atoms with E-state index in [2.05, 4.69) is 4.72 Å². The standard InChI is InChI=1S/C16H25NO3S/c1-12(17-21(18)16(2,3)4)13-6-5-7-14(10-13)20-15-8-9-19-11-15/h5-7,10,12,15,17H,8-9,11H2,1-4H3/t12-,15-,21+/m0/s1. The molecule has 0 bridgehead atoms. The molecule has 0 unspecified atom stereocenters. The Labute approximate surface area is 130 Å². The highest BCUT2D eigenvalue weighted by atomic mass is 32.2. The van der Waals surface area contributed by atoms with E-state index in [1.807, 2.05) is 52.0 Å². The van der Waals surface area contributed by atoms with Crippen LogP contribution in [0.15, 0.2) is 24.3 Å². The van der Waals surface area contributed by atoms with Gasteiger partial charge in [0.25, 0.3) is 0 Å². The molecule has 4 nitrogen and oxygen atoms in total. The summed E-state index contributed by atoms with van der Waals surface area (Å²) >= 11 is -1.09. The number of benzene rings is 1. The molecule has 0 aliphatic carbocycles. The Morgan fingerprint density at radius 2 is 2.19 bits per heavy atom. The van der Waals surface area contributed by atoms with Crippen LogP contribution in [0.1, 0.15) is 45.7 Å². The Balaban J connectivity index is 1.99. The molecule has 21 heavy (non-hydrogen) atoms. The number of ether oxygens (including phenoxy) is 2. The molecule has 0 saturated carbocycles. The Kier molecular flexibility index (Phi) is 5.54. The summed E-state index contributed by atoms with van der Waals surface area (Å²) in [5.74, 6) is 0.846. The van der Waals surface area contributed by atoms with Crippen molar-refractivity contribution in [3.8, 4) is 5.75 Å². The average molecular weight is 311 g/mol. The zero-order valence-electron chi connectivity index (χ0n) is 13.2. The van der Waals surface area contributed by atoms with Gasteiger partial charge in [-0.2, -0.15) is 0 Å². The van der Waals surface area contributed by atoms with E-state index in [-0.39, 0.29) is 16.9 Å². The number of hydrogen-bond donors (Lipinski definition) is 1. The molecule has 1 saturated heterocycles. The first-order chi connectivity index (χ1) is 9.86. The lowest BCUT2D eigenvalue weighted by atomic mass is 10.1. The first-order valence-electron chi connectivity index (χ1n) is 7.38. The van der Waals surface area contributed by atoms with Gasteiger partial charge in [0.2, 0.25) is 0 Å². The van der Waals surface area contributed by atoms with Crippen molar-refractivity contribution in [1.82, 2.24) is 4.72 Å². The van der Waals surface area contributed by atoms with E-state index in [1.165, 1.54) is 0 Å². The van der Waals surface area contributed by atoms with Crippen molar-refractivity contribution in [3.63, 3.8) is 0 Å². The van der Waals surface area contributed by atoms with E-state index in [0.29, 0.717) is 6.61 Å². The van der Waals surface area contributed by atoms with Gasteiger partial charge in [0.15, 0.2) is 0 Å². The SMILES string of the molecule is C[C@H](N[S@+]([O-])C(C)(C)C)c1cccc(O[C@H]2CCOC2)c1. The lowest BCUT2D eigenvalue weighted by Gasteiger charge is -2.26. The molecule has 0 amide bonds. The Hall–Kier alpha value is -0.750. The van der Waals surface area contributed by atoms with E-state index in [1.54, 1.807) is 0 Å². The third-order valence-corrected chi connectivity index (χ3v) is 5.07. The van der Waals surface area contributed by atoms with Crippen molar-refractivity contribution in [1.29, 1.82) is 0 Å². The Bertz CT molecular complexity index is 455. The van der Waals surface area contributed by atoms with Crippen LogP contribution in [0.2, 0.25) is 0 Å². The summed E-state index contributed by atoms with van der Waals surface area (Å²) in [4.78, 5) is 0. The molecule has 3 atom stereocenters. The smallest absolute Gasteiger partial charge is 0.136 e. The van der Waals surface area contributed by atoms with Gasteiger partial charge >= 0.3 is 0 Å². The van der Waals surface area contributed by atoms with Crippen LogP contribution in [0.5, 0.6) is 5.75 Å². The molecule has 0 spiro atoms. The van der Waals surface area contributed by atoms with Crippen molar-refractivity contribution >= 4 is 11.4 Å². The van der Waals surface area contributed by atoms with Crippen LogP contribution in [-0.4, -0.2) is 28.6 Å². The van der Waals surface area contributed by atoms with Crippen LogP contribution in [-0.2, 0) is 16.1 Å². The predicted molar refractivity (Wildman–Crippen MR) is 85.7 cm³/mol. The highest BCUT2D eigenvalue weighted by molar-refractivity contribution is 7.90. The maximum atomic E-state index is 12.2. The van der Waals surface area contributed by atoms with Gasteiger partial charge in [-0.15, -0.1) is 4.72 Å². The third-order valence-electron chi connectivity index (χ3n) is 3.39. The van der Waals surface area contributed by atoms with E-state index in [9.17, 15) is 4.55 Å². The zero-order chi connectivity index (χ0) is 15.5. The summed E-state index contributed by atoms with van der Waals surface area (Å²) in [6.45, 7) is 9.33. The van der Waals surface area contributed by atoms with Crippen LogP contribution in [0.25, 0.3) is 0 Å². The highest BCUT2D eigenvalue weighted by Crippen LogP contribution is 2.24. The largest absolute Gasteiger partial charge is 0.598 e. The summed E-state index contributed by atoms with van der Waals surface area (Å²) in [7, 11) is 0. The molecule has 0 radical (unpaired) electrons. The number of rotatable bonds is 5. The first kappa shape index (κ1) is 16.6. The predicted octanol–water partition coefficient (Wildman–Crippen LogP) is 2.97. The summed E-state index contributed by atoms with van der Waals surface area (Å²) < 4.78 is 26.3. The van der Waals surface area contributed by atoms with Crippen molar-refractivity contribution in [2.24, 2.45) is 0 Å². The Morgan fingerprint density at radius 1 is 1.43 bits per heavy atom. The van der Waals surface area contributed by atoms with Gasteiger partial charge in [-0.05, 0) is 45.4 Å². The quantitative estimate of drug-likeness (QED) is 0.849. The van der Waals surface area contributed by atoms with E-state index in [4.69, 9.17) is 9.47 Å². The lowest BCUT2D eigenvalue weighted by Crippen LogP contribution is -2.40. The maximum Gasteiger partial charge on any atom is 0.136 e. The fraction of sp³-hybridized carbons (Fsp3) is 0.625. The topological polar surface area (TPSA) is 53.5 Å². The molecule has 118 valence electrons. The van der Waals surface area contributed by atoms with Gasteiger partial charge in [-0.1, -0.05) is 12.1 Å². The maximum absolute atomic E-state index is 12.2. The van der Waals surface area contributed by atoms with Gasteiger partial charge in [-0.25, -0.2) is 0 Å². The Morgan fingerprint density at radius 3 is 2.81 bits per heavy atom.